The molecule has 2 rings (SSSR count). The molecule has 0 saturated heterocycles. The first-order chi connectivity index (χ1) is 12.7. The molecule has 3 atom stereocenters. The Kier molecular flexibility index (Phi) is 6.80. The van der Waals surface area contributed by atoms with Crippen molar-refractivity contribution in [3.63, 3.8) is 0 Å². The second kappa shape index (κ2) is 8.26. The molecule has 8 heteroatoms. The quantitative estimate of drug-likeness (QED) is 0.535. The van der Waals surface area contributed by atoms with E-state index < -0.39 is 36.4 Å². The van der Waals surface area contributed by atoms with Crippen molar-refractivity contribution in [1.82, 2.24) is 0 Å². The third-order valence-electron chi connectivity index (χ3n) is 5.81. The average Bonchev–Trinajstić information content (AvgIpc) is 2.53. The Labute approximate surface area is 169 Å². The molecule has 1 aromatic carbocycles. The van der Waals surface area contributed by atoms with Gasteiger partial charge in [0.2, 0.25) is 0 Å². The standard InChI is InChI=1S/C20H32O6SSi/c1-14-7-9-18(10-8-14)27(23,24)25-16-11-15(19(21)22)12-17(13-16)26-28(5,6)20(2,3)4/h7-10,15-17H,11-13H2,1-6H3,(H,21,22)/t15-,16+,17-/m1/s1. The van der Waals surface area contributed by atoms with Crippen LogP contribution in [0.3, 0.4) is 0 Å². The van der Waals surface area contributed by atoms with Crippen LogP contribution in [0.1, 0.15) is 45.6 Å². The molecule has 28 heavy (non-hydrogen) atoms. The topological polar surface area (TPSA) is 89.9 Å². The van der Waals surface area contributed by atoms with E-state index in [9.17, 15) is 18.3 Å². The van der Waals surface area contributed by atoms with Gasteiger partial charge in [0, 0.05) is 12.5 Å². The van der Waals surface area contributed by atoms with E-state index in [0.717, 1.165) is 5.56 Å². The summed E-state index contributed by atoms with van der Waals surface area (Å²) < 4.78 is 37.1. The van der Waals surface area contributed by atoms with E-state index >= 15 is 0 Å². The van der Waals surface area contributed by atoms with Crippen molar-refractivity contribution in [2.45, 2.75) is 82.2 Å². The van der Waals surface area contributed by atoms with Gasteiger partial charge < -0.3 is 9.53 Å². The lowest BCUT2D eigenvalue weighted by atomic mass is 9.85. The molecule has 1 N–H and O–H groups in total. The summed E-state index contributed by atoms with van der Waals surface area (Å²) in [6.45, 7) is 12.4. The van der Waals surface area contributed by atoms with Crippen molar-refractivity contribution in [1.29, 1.82) is 0 Å². The molecule has 158 valence electrons. The van der Waals surface area contributed by atoms with Gasteiger partial charge in [-0.2, -0.15) is 8.42 Å². The molecule has 1 fully saturated rings. The fourth-order valence-electron chi connectivity index (χ4n) is 3.13. The average molecular weight is 429 g/mol. The molecule has 0 amide bonds. The van der Waals surface area contributed by atoms with E-state index in [-0.39, 0.29) is 22.5 Å². The van der Waals surface area contributed by atoms with Gasteiger partial charge in [0.05, 0.1) is 16.9 Å². The van der Waals surface area contributed by atoms with Gasteiger partial charge in [0.1, 0.15) is 0 Å². The van der Waals surface area contributed by atoms with Gasteiger partial charge in [0.25, 0.3) is 10.1 Å². The van der Waals surface area contributed by atoms with E-state index in [1.165, 1.54) is 12.1 Å². The minimum atomic E-state index is -3.96. The molecular formula is C20H32O6SSi. The van der Waals surface area contributed by atoms with Crippen LogP contribution in [0.2, 0.25) is 18.1 Å². The lowest BCUT2D eigenvalue weighted by Crippen LogP contribution is -2.47. The normalized spacial score (nSPS) is 24.1. The van der Waals surface area contributed by atoms with E-state index in [1.54, 1.807) is 12.1 Å². The maximum absolute atomic E-state index is 12.6. The highest BCUT2D eigenvalue weighted by Gasteiger charge is 2.43. The number of carboxylic acid groups (broad SMARTS) is 1. The van der Waals surface area contributed by atoms with E-state index in [4.69, 9.17) is 8.61 Å². The molecule has 1 saturated carbocycles. The molecule has 0 bridgehead atoms. The van der Waals surface area contributed by atoms with Crippen molar-refractivity contribution in [3.8, 4) is 0 Å². The van der Waals surface area contributed by atoms with Gasteiger partial charge >= 0.3 is 5.97 Å². The number of carbonyl (C=O) groups is 1. The van der Waals surface area contributed by atoms with Crippen LogP contribution in [-0.2, 0) is 23.5 Å². The number of rotatable bonds is 6. The van der Waals surface area contributed by atoms with Crippen LogP contribution in [0.5, 0.6) is 0 Å². The van der Waals surface area contributed by atoms with Crippen molar-refractivity contribution >= 4 is 24.4 Å². The minimum Gasteiger partial charge on any atom is -0.481 e. The fraction of sp³-hybridized carbons (Fsp3) is 0.650. The predicted octanol–water partition coefficient (Wildman–Crippen LogP) is 4.34. The number of carboxylic acids is 1. The molecule has 0 spiro atoms. The van der Waals surface area contributed by atoms with Crippen molar-refractivity contribution < 1.29 is 26.9 Å². The summed E-state index contributed by atoms with van der Waals surface area (Å²) in [5.74, 6) is -1.62. The Hall–Kier alpha value is -1.22. The first kappa shape index (κ1) is 23.1. The summed E-state index contributed by atoms with van der Waals surface area (Å²) in [6, 6.07) is 6.43. The van der Waals surface area contributed by atoms with Crippen LogP contribution in [0.4, 0.5) is 0 Å². The molecule has 0 aliphatic heterocycles. The van der Waals surface area contributed by atoms with Crippen molar-refractivity contribution in [2.75, 3.05) is 0 Å². The third-order valence-corrected chi connectivity index (χ3v) is 11.7. The van der Waals surface area contributed by atoms with Crippen LogP contribution < -0.4 is 0 Å². The monoisotopic (exact) mass is 428 g/mol. The van der Waals surface area contributed by atoms with Gasteiger partial charge in [-0.05, 0) is 50.0 Å². The highest BCUT2D eigenvalue weighted by atomic mass is 32.2. The summed E-state index contributed by atoms with van der Waals surface area (Å²) in [4.78, 5) is 11.7. The van der Waals surface area contributed by atoms with Crippen molar-refractivity contribution in [3.05, 3.63) is 29.8 Å². The number of hydrogen-bond donors (Lipinski definition) is 1. The molecule has 1 aromatic rings. The third kappa shape index (κ3) is 5.65. The van der Waals surface area contributed by atoms with Gasteiger partial charge in [-0.1, -0.05) is 38.5 Å². The smallest absolute Gasteiger partial charge is 0.306 e. The van der Waals surface area contributed by atoms with Gasteiger partial charge in [-0.3, -0.25) is 8.98 Å². The van der Waals surface area contributed by atoms with Crippen LogP contribution in [0, 0.1) is 12.8 Å². The highest BCUT2D eigenvalue weighted by molar-refractivity contribution is 7.86. The fourth-order valence-corrected chi connectivity index (χ4v) is 5.60. The summed E-state index contributed by atoms with van der Waals surface area (Å²) in [6.07, 6.45) is -0.115. The zero-order valence-electron chi connectivity index (χ0n) is 17.6. The highest BCUT2D eigenvalue weighted by Crippen LogP contribution is 2.40. The number of aliphatic carboxylic acids is 1. The SMILES string of the molecule is Cc1ccc(S(=O)(=O)O[C@@H]2C[C@H](O[Si](C)(C)C(C)(C)C)C[C@H](C(=O)O)C2)cc1. The summed E-state index contributed by atoms with van der Waals surface area (Å²) in [7, 11) is -6.07. The Morgan fingerprint density at radius 3 is 2.11 bits per heavy atom. The Morgan fingerprint density at radius 2 is 1.61 bits per heavy atom. The lowest BCUT2D eigenvalue weighted by Gasteiger charge is -2.42. The minimum absolute atomic E-state index is 0.0203. The second-order valence-corrected chi connectivity index (χ2v) is 15.6. The molecule has 0 radical (unpaired) electrons. The lowest BCUT2D eigenvalue weighted by molar-refractivity contribution is -0.145. The van der Waals surface area contributed by atoms with E-state index in [0.29, 0.717) is 12.8 Å². The second-order valence-electron chi connectivity index (χ2n) is 9.23. The molecule has 0 heterocycles. The van der Waals surface area contributed by atoms with Crippen LogP contribution in [0.25, 0.3) is 0 Å². The Morgan fingerprint density at radius 1 is 1.07 bits per heavy atom. The Balaban J connectivity index is 2.19. The van der Waals surface area contributed by atoms with Crippen LogP contribution in [0.15, 0.2) is 29.2 Å². The largest absolute Gasteiger partial charge is 0.481 e. The zero-order valence-corrected chi connectivity index (χ0v) is 19.4. The summed E-state index contributed by atoms with van der Waals surface area (Å²) in [5.41, 5.74) is 0.949. The molecule has 6 nitrogen and oxygen atoms in total. The Bertz CT molecular complexity index is 795. The molecule has 1 aliphatic rings. The zero-order chi connectivity index (χ0) is 21.3. The maximum Gasteiger partial charge on any atom is 0.306 e. The van der Waals surface area contributed by atoms with Crippen LogP contribution in [-0.4, -0.2) is 40.0 Å². The summed E-state index contributed by atoms with van der Waals surface area (Å²) >= 11 is 0. The maximum atomic E-state index is 12.6. The van der Waals surface area contributed by atoms with Crippen molar-refractivity contribution in [2.24, 2.45) is 5.92 Å². The van der Waals surface area contributed by atoms with Gasteiger partial charge in [0.15, 0.2) is 8.32 Å². The molecule has 0 aromatic heterocycles. The first-order valence-corrected chi connectivity index (χ1v) is 13.9. The van der Waals surface area contributed by atoms with E-state index in [1.807, 2.05) is 6.92 Å². The summed E-state index contributed by atoms with van der Waals surface area (Å²) in [5, 5.41) is 9.51. The number of aryl methyl sites for hydroxylation is 1. The molecule has 0 unspecified atom stereocenters. The van der Waals surface area contributed by atoms with Gasteiger partial charge in [-0.15, -0.1) is 0 Å². The van der Waals surface area contributed by atoms with Gasteiger partial charge in [-0.25, -0.2) is 0 Å². The molecule has 1 aliphatic carbocycles. The number of benzene rings is 1. The van der Waals surface area contributed by atoms with Crippen LogP contribution >= 0.6 is 0 Å². The predicted molar refractivity (Wildman–Crippen MR) is 110 cm³/mol. The first-order valence-electron chi connectivity index (χ1n) is 9.62. The molecular weight excluding hydrogens is 396 g/mol. The van der Waals surface area contributed by atoms with E-state index in [2.05, 4.69) is 33.9 Å². The number of hydrogen-bond acceptors (Lipinski definition) is 5.